The molecule has 1 atom stereocenters. The first-order valence-corrected chi connectivity index (χ1v) is 10.3. The fourth-order valence-corrected chi connectivity index (χ4v) is 4.84. The molecular formula is C17H29N5OS. The Morgan fingerprint density at radius 1 is 1.29 bits per heavy atom. The summed E-state index contributed by atoms with van der Waals surface area (Å²) in [4.78, 5) is 15.0. The third-order valence-electron chi connectivity index (χ3n) is 5.10. The van der Waals surface area contributed by atoms with Crippen molar-refractivity contribution in [1.82, 2.24) is 25.2 Å². The van der Waals surface area contributed by atoms with E-state index in [2.05, 4.69) is 22.6 Å². The number of carbonyl (C=O) groups is 1. The Kier molecular flexibility index (Phi) is 6.16. The summed E-state index contributed by atoms with van der Waals surface area (Å²) < 4.78 is 1.98. The lowest BCUT2D eigenvalue weighted by atomic mass is 10.1. The van der Waals surface area contributed by atoms with Crippen molar-refractivity contribution < 1.29 is 4.79 Å². The average Bonchev–Trinajstić information content (AvgIpc) is 2.83. The molecule has 2 saturated heterocycles. The fourth-order valence-electron chi connectivity index (χ4n) is 3.75. The summed E-state index contributed by atoms with van der Waals surface area (Å²) in [5, 5.41) is 12.5. The van der Waals surface area contributed by atoms with Crippen molar-refractivity contribution in [1.29, 1.82) is 0 Å². The molecule has 3 heterocycles. The van der Waals surface area contributed by atoms with Crippen LogP contribution in [0.15, 0.2) is 0 Å². The second-order valence-electron chi connectivity index (χ2n) is 6.77. The van der Waals surface area contributed by atoms with Crippen molar-refractivity contribution in [3.05, 3.63) is 11.4 Å². The van der Waals surface area contributed by atoms with E-state index in [-0.39, 0.29) is 5.91 Å². The smallest absolute Gasteiger partial charge is 0.276 e. The number of thioether (sulfide) groups is 1. The van der Waals surface area contributed by atoms with Gasteiger partial charge in [0.25, 0.3) is 5.91 Å². The van der Waals surface area contributed by atoms with Gasteiger partial charge in [-0.15, -0.1) is 5.10 Å². The van der Waals surface area contributed by atoms with Crippen LogP contribution in [-0.2, 0) is 0 Å². The minimum absolute atomic E-state index is 0.0660. The number of hydrogen-bond donors (Lipinski definition) is 1. The third kappa shape index (κ3) is 3.94. The molecule has 2 aliphatic heterocycles. The minimum atomic E-state index is 0.0660. The number of nitrogens with zero attached hydrogens (tertiary/aromatic N) is 4. The molecule has 6 nitrogen and oxygen atoms in total. The Balaban J connectivity index is 1.73. The summed E-state index contributed by atoms with van der Waals surface area (Å²) in [7, 11) is 0. The molecule has 1 N–H and O–H groups in total. The Labute approximate surface area is 148 Å². The van der Waals surface area contributed by atoms with Crippen LogP contribution < -0.4 is 5.32 Å². The highest BCUT2D eigenvalue weighted by Gasteiger charge is 2.28. The van der Waals surface area contributed by atoms with E-state index < -0.39 is 0 Å². The van der Waals surface area contributed by atoms with Gasteiger partial charge in [0.1, 0.15) is 0 Å². The molecule has 1 amide bonds. The summed E-state index contributed by atoms with van der Waals surface area (Å²) in [5.41, 5.74) is 1.48. The predicted octanol–water partition coefficient (Wildman–Crippen LogP) is 2.26. The van der Waals surface area contributed by atoms with E-state index in [0.717, 1.165) is 56.9 Å². The van der Waals surface area contributed by atoms with Crippen molar-refractivity contribution in [2.45, 2.75) is 57.2 Å². The first kappa shape index (κ1) is 17.7. The first-order chi connectivity index (χ1) is 11.7. The maximum Gasteiger partial charge on any atom is 0.276 e. The Morgan fingerprint density at radius 3 is 2.83 bits per heavy atom. The zero-order chi connectivity index (χ0) is 16.9. The van der Waals surface area contributed by atoms with Crippen LogP contribution in [0.3, 0.4) is 0 Å². The van der Waals surface area contributed by atoms with E-state index in [1.165, 1.54) is 12.8 Å². The third-order valence-corrected chi connectivity index (χ3v) is 6.29. The van der Waals surface area contributed by atoms with E-state index in [1.807, 2.05) is 28.3 Å². The molecule has 0 radical (unpaired) electrons. The fraction of sp³-hybridized carbons (Fsp3) is 0.824. The zero-order valence-electron chi connectivity index (χ0n) is 14.8. The van der Waals surface area contributed by atoms with Crippen LogP contribution in [0.5, 0.6) is 0 Å². The van der Waals surface area contributed by atoms with Crippen LogP contribution in [0.2, 0.25) is 0 Å². The van der Waals surface area contributed by atoms with Crippen molar-refractivity contribution in [3.8, 4) is 0 Å². The van der Waals surface area contributed by atoms with Gasteiger partial charge in [-0.1, -0.05) is 18.6 Å². The van der Waals surface area contributed by atoms with Crippen LogP contribution in [0.1, 0.15) is 61.3 Å². The van der Waals surface area contributed by atoms with Gasteiger partial charge in [-0.3, -0.25) is 4.79 Å². The minimum Gasteiger partial charge on any atom is -0.336 e. The molecule has 7 heteroatoms. The Morgan fingerprint density at radius 2 is 2.08 bits per heavy atom. The molecule has 1 aromatic heterocycles. The maximum atomic E-state index is 13.0. The highest BCUT2D eigenvalue weighted by molar-refractivity contribution is 7.99. The highest BCUT2D eigenvalue weighted by Crippen LogP contribution is 2.24. The average molecular weight is 352 g/mol. The van der Waals surface area contributed by atoms with Gasteiger partial charge in [0, 0.05) is 18.3 Å². The van der Waals surface area contributed by atoms with Gasteiger partial charge in [-0.05, 0) is 51.4 Å². The van der Waals surface area contributed by atoms with Crippen molar-refractivity contribution in [2.75, 3.05) is 31.9 Å². The molecule has 2 aliphatic rings. The lowest BCUT2D eigenvalue weighted by molar-refractivity contribution is 0.0756. The number of hydrogen-bond acceptors (Lipinski definition) is 5. The highest BCUT2D eigenvalue weighted by atomic mass is 32.2. The van der Waals surface area contributed by atoms with Gasteiger partial charge in [0.2, 0.25) is 0 Å². The number of amides is 1. The molecular weight excluding hydrogens is 322 g/mol. The lowest BCUT2D eigenvalue weighted by Crippen LogP contribution is -2.36. The molecule has 0 aromatic carbocycles. The van der Waals surface area contributed by atoms with Crippen LogP contribution in [0, 0.1) is 6.92 Å². The molecule has 134 valence electrons. The lowest BCUT2D eigenvalue weighted by Gasteiger charge is -2.25. The van der Waals surface area contributed by atoms with E-state index in [0.29, 0.717) is 17.0 Å². The number of nitrogens with one attached hydrogen (secondary N) is 1. The molecule has 0 bridgehead atoms. The van der Waals surface area contributed by atoms with Crippen LogP contribution in [0.25, 0.3) is 0 Å². The first-order valence-electron chi connectivity index (χ1n) is 9.24. The van der Waals surface area contributed by atoms with Crippen molar-refractivity contribution in [2.24, 2.45) is 0 Å². The molecule has 24 heavy (non-hydrogen) atoms. The normalized spacial score (nSPS) is 23.2. The largest absolute Gasteiger partial charge is 0.336 e. The second kappa shape index (κ2) is 8.34. The molecule has 0 aliphatic carbocycles. The molecule has 2 fully saturated rings. The number of piperidine rings is 1. The molecule has 1 unspecified atom stereocenters. The van der Waals surface area contributed by atoms with Crippen molar-refractivity contribution >= 4 is 17.7 Å². The van der Waals surface area contributed by atoms with Crippen LogP contribution in [-0.4, -0.2) is 63.0 Å². The molecule has 0 spiro atoms. The molecule has 0 saturated carbocycles. The summed E-state index contributed by atoms with van der Waals surface area (Å²) in [6.07, 6.45) is 5.62. The Bertz CT molecular complexity index is 555. The molecule has 1 aromatic rings. The van der Waals surface area contributed by atoms with E-state index in [1.54, 1.807) is 0 Å². The topological polar surface area (TPSA) is 63.1 Å². The predicted molar refractivity (Wildman–Crippen MR) is 97.6 cm³/mol. The maximum absolute atomic E-state index is 13.0. The van der Waals surface area contributed by atoms with Gasteiger partial charge < -0.3 is 10.2 Å². The van der Waals surface area contributed by atoms with Gasteiger partial charge in [-0.25, -0.2) is 4.68 Å². The summed E-state index contributed by atoms with van der Waals surface area (Å²) in [6, 6.07) is 0.368. The van der Waals surface area contributed by atoms with E-state index in [4.69, 9.17) is 0 Å². The van der Waals surface area contributed by atoms with E-state index in [9.17, 15) is 4.79 Å². The Hall–Kier alpha value is -1.08. The number of aromatic nitrogens is 3. The number of carbonyl (C=O) groups excluding carboxylic acids is 1. The number of rotatable bonds is 4. The summed E-state index contributed by atoms with van der Waals surface area (Å²) in [5.74, 6) is 1.17. The van der Waals surface area contributed by atoms with Gasteiger partial charge >= 0.3 is 0 Å². The standard InChI is InChI=1S/C17H29N5OS/c1-3-24-15-6-4-5-11-21(12-15)17(23)16-13(2)22(20-19-16)14-7-9-18-10-8-14/h14-15,18H,3-12H2,1-2H3. The zero-order valence-corrected chi connectivity index (χ0v) is 15.6. The van der Waals surface area contributed by atoms with Crippen LogP contribution >= 0.6 is 11.8 Å². The quantitative estimate of drug-likeness (QED) is 0.901. The van der Waals surface area contributed by atoms with Gasteiger partial charge in [0.05, 0.1) is 11.7 Å². The van der Waals surface area contributed by atoms with Crippen molar-refractivity contribution in [3.63, 3.8) is 0 Å². The summed E-state index contributed by atoms with van der Waals surface area (Å²) >= 11 is 1.97. The van der Waals surface area contributed by atoms with Crippen LogP contribution in [0.4, 0.5) is 0 Å². The number of likely N-dealkylation sites (tertiary alicyclic amines) is 1. The monoisotopic (exact) mass is 351 g/mol. The summed E-state index contributed by atoms with van der Waals surface area (Å²) in [6.45, 7) is 7.89. The van der Waals surface area contributed by atoms with Gasteiger partial charge in [-0.2, -0.15) is 11.8 Å². The molecule has 3 rings (SSSR count). The second-order valence-corrected chi connectivity index (χ2v) is 8.35. The van der Waals surface area contributed by atoms with Gasteiger partial charge in [0.15, 0.2) is 5.69 Å². The van der Waals surface area contributed by atoms with E-state index >= 15 is 0 Å². The SMILES string of the molecule is CCSC1CCCCN(C(=O)c2nnn(C3CCNCC3)c2C)C1.